The van der Waals surface area contributed by atoms with Crippen molar-refractivity contribution in [2.45, 2.75) is 55.3 Å². The summed E-state index contributed by atoms with van der Waals surface area (Å²) in [6, 6.07) is 6.57. The Morgan fingerprint density at radius 3 is 2.16 bits per heavy atom. The molecular formula is C28H32O16. The van der Waals surface area contributed by atoms with E-state index in [0.29, 0.717) is 0 Å². The Bertz CT molecular complexity index is 1540. The second-order valence-corrected chi connectivity index (χ2v) is 10.2. The van der Waals surface area contributed by atoms with Gasteiger partial charge in [-0.1, -0.05) is 0 Å². The van der Waals surface area contributed by atoms with Gasteiger partial charge < -0.3 is 73.7 Å². The number of phenols is 2. The molecule has 0 spiro atoms. The molecule has 0 radical (unpaired) electrons. The van der Waals surface area contributed by atoms with Crippen molar-refractivity contribution < 1.29 is 73.7 Å². The minimum atomic E-state index is -1.75. The van der Waals surface area contributed by atoms with E-state index in [4.69, 9.17) is 32.8 Å². The zero-order valence-corrected chi connectivity index (χ0v) is 23.3. The van der Waals surface area contributed by atoms with E-state index < -0.39 is 85.4 Å². The first kappa shape index (κ1) is 31.7. The predicted molar refractivity (Wildman–Crippen MR) is 145 cm³/mol. The molecular weight excluding hydrogens is 592 g/mol. The molecule has 3 aromatic rings. The second kappa shape index (κ2) is 12.7. The van der Waals surface area contributed by atoms with Gasteiger partial charge in [0.15, 0.2) is 23.5 Å². The van der Waals surface area contributed by atoms with Crippen LogP contribution in [0, 0.1) is 0 Å². The molecule has 9 atom stereocenters. The van der Waals surface area contributed by atoms with Gasteiger partial charge >= 0.3 is 0 Å². The maximum Gasteiger partial charge on any atom is 0.239 e. The second-order valence-electron chi connectivity index (χ2n) is 10.2. The van der Waals surface area contributed by atoms with E-state index in [0.717, 1.165) is 0 Å². The molecule has 2 fully saturated rings. The highest BCUT2D eigenvalue weighted by Crippen LogP contribution is 2.40. The minimum absolute atomic E-state index is 0.0302. The molecule has 2 saturated heterocycles. The summed E-state index contributed by atoms with van der Waals surface area (Å²) in [5.41, 5.74) is -0.772. The van der Waals surface area contributed by atoms with Gasteiger partial charge in [0.1, 0.15) is 65.2 Å². The molecule has 16 nitrogen and oxygen atoms in total. The molecule has 0 saturated carbocycles. The number of methoxy groups -OCH3 is 2. The van der Waals surface area contributed by atoms with E-state index >= 15 is 0 Å². The van der Waals surface area contributed by atoms with Crippen LogP contribution < -0.4 is 19.6 Å². The summed E-state index contributed by atoms with van der Waals surface area (Å²) < 4.78 is 38.4. The van der Waals surface area contributed by atoms with Crippen LogP contribution in [0.25, 0.3) is 22.3 Å². The van der Waals surface area contributed by atoms with Crippen molar-refractivity contribution in [1.82, 2.24) is 0 Å². The van der Waals surface area contributed by atoms with Crippen LogP contribution in [-0.4, -0.2) is 124 Å². The van der Waals surface area contributed by atoms with Crippen molar-refractivity contribution >= 4 is 11.0 Å². The minimum Gasteiger partial charge on any atom is -0.507 e. The lowest BCUT2D eigenvalue weighted by Gasteiger charge is -2.39. The van der Waals surface area contributed by atoms with Gasteiger partial charge in [-0.05, 0) is 18.2 Å². The van der Waals surface area contributed by atoms with Crippen LogP contribution in [-0.2, 0) is 14.2 Å². The van der Waals surface area contributed by atoms with E-state index in [1.807, 2.05) is 0 Å². The lowest BCUT2D eigenvalue weighted by Crippen LogP contribution is -2.59. The number of rotatable bonds is 9. The fourth-order valence-electron chi connectivity index (χ4n) is 4.95. The highest BCUT2D eigenvalue weighted by atomic mass is 16.7. The van der Waals surface area contributed by atoms with Gasteiger partial charge in [-0.15, -0.1) is 0 Å². The molecule has 5 rings (SSSR count). The van der Waals surface area contributed by atoms with Crippen molar-refractivity contribution in [2.24, 2.45) is 0 Å². The van der Waals surface area contributed by atoms with Crippen LogP contribution in [0.2, 0.25) is 0 Å². The lowest BCUT2D eigenvalue weighted by atomic mass is 9.99. The zero-order chi connectivity index (χ0) is 31.9. The van der Waals surface area contributed by atoms with Gasteiger partial charge in [0.2, 0.25) is 17.5 Å². The molecule has 16 heteroatoms. The highest BCUT2D eigenvalue weighted by Gasteiger charge is 2.48. The average molecular weight is 625 g/mol. The number of benzene rings is 2. The Kier molecular flexibility index (Phi) is 9.17. The standard InChI is InChI=1S/C28H32O16/c1-38-11-6-13(31)18-15(7-11)41-25(10-3-4-12(30)14(5-10)39-2)26(21(18)34)44-28-23(36)20(33)17(43-28)9-40-27-24(37)22(35)19(32)16(8-29)42-27/h3-7,16-17,19-20,22-24,27-33,35-37H,8-9H2,1-2H3/t16?,17-,19+,20?,22-,23-,24?,27+,28-/m0/s1. The third kappa shape index (κ3) is 5.74. The Balaban J connectivity index is 1.45. The number of aliphatic hydroxyl groups is 6. The fourth-order valence-corrected chi connectivity index (χ4v) is 4.95. The molecule has 2 aromatic carbocycles. The SMILES string of the molecule is COc1cc(O)c2c(=O)c(O[C@@H]3O[C@@H](CO[C@@H]4OC(CO)[C@@H](O)[C@H](O)C4O)C(O)[C@@H]3O)c(-c3ccc(O)c(OC)c3)oc2c1. The molecule has 2 aliphatic rings. The maximum absolute atomic E-state index is 13.7. The van der Waals surface area contributed by atoms with E-state index in [9.17, 15) is 45.6 Å². The number of aliphatic hydroxyl groups excluding tert-OH is 6. The number of hydrogen-bond donors (Lipinski definition) is 8. The first-order chi connectivity index (χ1) is 21.0. The van der Waals surface area contributed by atoms with Gasteiger partial charge in [-0.25, -0.2) is 0 Å². The third-order valence-electron chi connectivity index (χ3n) is 7.41. The van der Waals surface area contributed by atoms with Crippen LogP contribution >= 0.6 is 0 Å². The number of aromatic hydroxyl groups is 2. The Hall–Kier alpha value is -3.71. The molecule has 2 aliphatic heterocycles. The summed E-state index contributed by atoms with van der Waals surface area (Å²) in [6.45, 7) is -1.22. The van der Waals surface area contributed by atoms with Gasteiger partial charge in [0.05, 0.1) is 27.4 Å². The van der Waals surface area contributed by atoms with E-state index in [2.05, 4.69) is 0 Å². The van der Waals surface area contributed by atoms with Crippen molar-refractivity contribution in [3.8, 4) is 40.1 Å². The summed E-state index contributed by atoms with van der Waals surface area (Å²) in [4.78, 5) is 13.7. The zero-order valence-electron chi connectivity index (χ0n) is 23.3. The molecule has 44 heavy (non-hydrogen) atoms. The number of hydrogen-bond acceptors (Lipinski definition) is 16. The van der Waals surface area contributed by atoms with Gasteiger partial charge in [0, 0.05) is 17.7 Å². The van der Waals surface area contributed by atoms with Gasteiger partial charge in [0.25, 0.3) is 0 Å². The Labute approximate surface area is 248 Å². The normalized spacial score (nSPS) is 30.4. The van der Waals surface area contributed by atoms with Crippen LogP contribution in [0.15, 0.2) is 39.5 Å². The fraction of sp³-hybridized carbons (Fsp3) is 0.464. The monoisotopic (exact) mass is 624 g/mol. The molecule has 3 unspecified atom stereocenters. The van der Waals surface area contributed by atoms with Crippen molar-refractivity contribution in [3.63, 3.8) is 0 Å². The number of fused-ring (bicyclic) bond motifs is 1. The van der Waals surface area contributed by atoms with E-state index in [1.54, 1.807) is 0 Å². The number of phenolic OH excluding ortho intramolecular Hbond substituents is 2. The summed E-state index contributed by atoms with van der Waals surface area (Å²) in [5.74, 6) is -1.23. The number of ether oxygens (including phenoxy) is 6. The van der Waals surface area contributed by atoms with Crippen LogP contribution in [0.4, 0.5) is 0 Å². The topological polar surface area (TPSA) is 247 Å². The molecule has 0 aliphatic carbocycles. The summed E-state index contributed by atoms with van der Waals surface area (Å²) in [7, 11) is 2.66. The van der Waals surface area contributed by atoms with Crippen LogP contribution in [0.5, 0.6) is 28.7 Å². The first-order valence-corrected chi connectivity index (χ1v) is 13.3. The molecule has 8 N–H and O–H groups in total. The first-order valence-electron chi connectivity index (χ1n) is 13.3. The molecule has 0 bridgehead atoms. The van der Waals surface area contributed by atoms with Crippen molar-refractivity contribution in [2.75, 3.05) is 27.4 Å². The Morgan fingerprint density at radius 1 is 0.795 bits per heavy atom. The smallest absolute Gasteiger partial charge is 0.239 e. The van der Waals surface area contributed by atoms with Gasteiger partial charge in [-0.3, -0.25) is 4.79 Å². The lowest BCUT2D eigenvalue weighted by molar-refractivity contribution is -0.306. The summed E-state index contributed by atoms with van der Waals surface area (Å²) >= 11 is 0. The predicted octanol–water partition coefficient (Wildman–Crippen LogP) is -1.47. The molecule has 1 aromatic heterocycles. The van der Waals surface area contributed by atoms with Crippen LogP contribution in [0.1, 0.15) is 0 Å². The van der Waals surface area contributed by atoms with E-state index in [1.165, 1.54) is 44.6 Å². The molecule has 0 amide bonds. The summed E-state index contributed by atoms with van der Waals surface area (Å²) in [5, 5.41) is 81.3. The average Bonchev–Trinajstić information content (AvgIpc) is 3.28. The van der Waals surface area contributed by atoms with Crippen molar-refractivity contribution in [3.05, 3.63) is 40.6 Å². The van der Waals surface area contributed by atoms with Crippen LogP contribution in [0.3, 0.4) is 0 Å². The molecule has 240 valence electrons. The quantitative estimate of drug-likeness (QED) is 0.135. The van der Waals surface area contributed by atoms with Crippen molar-refractivity contribution in [1.29, 1.82) is 0 Å². The maximum atomic E-state index is 13.7. The highest BCUT2D eigenvalue weighted by molar-refractivity contribution is 5.88. The third-order valence-corrected chi connectivity index (χ3v) is 7.41. The van der Waals surface area contributed by atoms with Gasteiger partial charge in [-0.2, -0.15) is 0 Å². The largest absolute Gasteiger partial charge is 0.507 e. The Morgan fingerprint density at radius 2 is 1.48 bits per heavy atom. The van der Waals surface area contributed by atoms with E-state index in [-0.39, 0.29) is 39.5 Å². The molecule has 3 heterocycles. The summed E-state index contributed by atoms with van der Waals surface area (Å²) in [6.07, 6.45) is -14.2.